The lowest BCUT2D eigenvalue weighted by Crippen LogP contribution is -2.38. The summed E-state index contributed by atoms with van der Waals surface area (Å²) < 4.78 is 18.9. The van der Waals surface area contributed by atoms with Gasteiger partial charge in [0.15, 0.2) is 5.75 Å². The summed E-state index contributed by atoms with van der Waals surface area (Å²) in [6.07, 6.45) is 1.59. The number of carbonyl (C=O) groups is 1. The Morgan fingerprint density at radius 2 is 1.94 bits per heavy atom. The van der Waals surface area contributed by atoms with Crippen LogP contribution in [0.1, 0.15) is 5.56 Å². The van der Waals surface area contributed by atoms with E-state index in [1.165, 1.54) is 0 Å². The van der Waals surface area contributed by atoms with Gasteiger partial charge in [-0.05, 0) is 17.7 Å². The molecule has 34 heavy (non-hydrogen) atoms. The van der Waals surface area contributed by atoms with Gasteiger partial charge in [-0.2, -0.15) is 5.10 Å². The van der Waals surface area contributed by atoms with Crippen molar-refractivity contribution in [3.63, 3.8) is 0 Å². The van der Waals surface area contributed by atoms with Crippen LogP contribution in [0.25, 0.3) is 11.3 Å². The fourth-order valence-corrected chi connectivity index (χ4v) is 4.08. The number of halogens is 1. The standard InChI is InChI=1S/C25H29ClN4O4/c1-29-24(21(26)16-27-29)20-8-5-9-22(25(20)34-15-12-30-10-13-32-14-11-30)28-23(31)18-33-17-19-6-3-2-4-7-19/h2-9,16H,10-15,17-18H2,1H3,(H,28,31). The molecule has 1 aliphatic heterocycles. The minimum absolute atomic E-state index is 0.0706. The lowest BCUT2D eigenvalue weighted by Gasteiger charge is -2.26. The van der Waals surface area contributed by atoms with E-state index in [1.54, 1.807) is 10.9 Å². The van der Waals surface area contributed by atoms with Crippen LogP contribution >= 0.6 is 11.6 Å². The number of rotatable bonds is 10. The summed E-state index contributed by atoms with van der Waals surface area (Å²) in [7, 11) is 1.82. The van der Waals surface area contributed by atoms with Crippen LogP contribution in [0.3, 0.4) is 0 Å². The number of para-hydroxylation sites is 1. The molecule has 180 valence electrons. The fraction of sp³-hybridized carbons (Fsp3) is 0.360. The molecule has 0 unspecified atom stereocenters. The third-order valence-corrected chi connectivity index (χ3v) is 5.82. The van der Waals surface area contributed by atoms with E-state index in [0.29, 0.717) is 29.7 Å². The number of hydrogen-bond acceptors (Lipinski definition) is 6. The van der Waals surface area contributed by atoms with Crippen molar-refractivity contribution < 1.29 is 19.0 Å². The first-order valence-corrected chi connectivity index (χ1v) is 11.6. The van der Waals surface area contributed by atoms with Gasteiger partial charge in [0, 0.05) is 32.2 Å². The molecule has 1 N–H and O–H groups in total. The van der Waals surface area contributed by atoms with E-state index in [-0.39, 0.29) is 12.5 Å². The van der Waals surface area contributed by atoms with Gasteiger partial charge in [0.05, 0.1) is 42.4 Å². The SMILES string of the molecule is Cn1ncc(Cl)c1-c1cccc(NC(=O)COCc2ccccc2)c1OCCN1CCOCC1. The highest BCUT2D eigenvalue weighted by Crippen LogP contribution is 2.39. The Hall–Kier alpha value is -2.91. The smallest absolute Gasteiger partial charge is 0.250 e. The van der Waals surface area contributed by atoms with Crippen LogP contribution in [0.2, 0.25) is 5.02 Å². The summed E-state index contributed by atoms with van der Waals surface area (Å²) >= 11 is 6.42. The van der Waals surface area contributed by atoms with Crippen molar-refractivity contribution in [2.75, 3.05) is 51.4 Å². The Morgan fingerprint density at radius 3 is 2.68 bits per heavy atom. The maximum atomic E-state index is 12.7. The summed E-state index contributed by atoms with van der Waals surface area (Å²) in [4.78, 5) is 14.9. The first kappa shape index (κ1) is 24.2. The van der Waals surface area contributed by atoms with Crippen molar-refractivity contribution in [2.24, 2.45) is 7.05 Å². The van der Waals surface area contributed by atoms with Gasteiger partial charge in [-0.15, -0.1) is 0 Å². The molecule has 4 rings (SSSR count). The quantitative estimate of drug-likeness (QED) is 0.473. The zero-order chi connectivity index (χ0) is 23.8. The monoisotopic (exact) mass is 484 g/mol. The van der Waals surface area contributed by atoms with E-state index < -0.39 is 0 Å². The molecule has 1 aromatic heterocycles. The molecule has 0 saturated carbocycles. The first-order chi connectivity index (χ1) is 16.6. The second-order valence-corrected chi connectivity index (χ2v) is 8.38. The highest BCUT2D eigenvalue weighted by Gasteiger charge is 2.20. The number of amides is 1. The molecule has 1 amide bonds. The summed E-state index contributed by atoms with van der Waals surface area (Å²) in [5, 5.41) is 7.69. The lowest BCUT2D eigenvalue weighted by atomic mass is 10.1. The molecule has 3 aromatic rings. The lowest BCUT2D eigenvalue weighted by molar-refractivity contribution is -0.121. The minimum atomic E-state index is -0.262. The molecule has 0 radical (unpaired) electrons. The van der Waals surface area contributed by atoms with Gasteiger partial charge in [-0.1, -0.05) is 48.0 Å². The predicted octanol–water partition coefficient (Wildman–Crippen LogP) is 3.61. The van der Waals surface area contributed by atoms with Gasteiger partial charge >= 0.3 is 0 Å². The van der Waals surface area contributed by atoms with Crippen LogP contribution in [-0.4, -0.2) is 66.6 Å². The summed E-state index contributed by atoms with van der Waals surface area (Å²) in [6.45, 7) is 4.71. The molecule has 0 spiro atoms. The number of ether oxygens (including phenoxy) is 3. The number of benzene rings is 2. The summed E-state index contributed by atoms with van der Waals surface area (Å²) in [6, 6.07) is 15.3. The third-order valence-electron chi connectivity index (χ3n) is 5.54. The van der Waals surface area contributed by atoms with E-state index in [2.05, 4.69) is 15.3 Å². The molecule has 0 aliphatic carbocycles. The van der Waals surface area contributed by atoms with Crippen LogP contribution < -0.4 is 10.1 Å². The van der Waals surface area contributed by atoms with Crippen molar-refractivity contribution in [1.29, 1.82) is 0 Å². The predicted molar refractivity (Wildman–Crippen MR) is 131 cm³/mol. The van der Waals surface area contributed by atoms with Crippen molar-refractivity contribution in [2.45, 2.75) is 6.61 Å². The van der Waals surface area contributed by atoms with Crippen LogP contribution in [0.5, 0.6) is 5.75 Å². The maximum absolute atomic E-state index is 12.7. The number of morpholine rings is 1. The Bertz CT molecular complexity index is 1060. The van der Waals surface area contributed by atoms with Crippen LogP contribution in [-0.2, 0) is 27.9 Å². The number of aryl methyl sites for hydroxylation is 1. The van der Waals surface area contributed by atoms with Gasteiger partial charge in [0.2, 0.25) is 5.91 Å². The van der Waals surface area contributed by atoms with Crippen molar-refractivity contribution >= 4 is 23.2 Å². The van der Waals surface area contributed by atoms with Crippen molar-refractivity contribution in [3.05, 3.63) is 65.3 Å². The zero-order valence-electron chi connectivity index (χ0n) is 19.2. The highest BCUT2D eigenvalue weighted by molar-refractivity contribution is 6.33. The molecule has 1 fully saturated rings. The molecule has 1 aliphatic rings. The van der Waals surface area contributed by atoms with Gasteiger partial charge in [0.1, 0.15) is 13.2 Å². The van der Waals surface area contributed by atoms with Gasteiger partial charge in [0.25, 0.3) is 0 Å². The van der Waals surface area contributed by atoms with Crippen molar-refractivity contribution in [3.8, 4) is 17.0 Å². The molecular weight excluding hydrogens is 456 g/mol. The fourth-order valence-electron chi connectivity index (χ4n) is 3.81. The Labute approximate surface area is 204 Å². The zero-order valence-corrected chi connectivity index (χ0v) is 20.0. The largest absolute Gasteiger partial charge is 0.489 e. The molecule has 1 saturated heterocycles. The molecule has 0 atom stereocenters. The van der Waals surface area contributed by atoms with Gasteiger partial charge in [-0.3, -0.25) is 14.4 Å². The number of nitrogens with zero attached hydrogens (tertiary/aromatic N) is 3. The topological polar surface area (TPSA) is 77.9 Å². The van der Waals surface area contributed by atoms with E-state index in [0.717, 1.165) is 49.7 Å². The minimum Gasteiger partial charge on any atom is -0.489 e. The van der Waals surface area contributed by atoms with Gasteiger partial charge < -0.3 is 19.5 Å². The van der Waals surface area contributed by atoms with Crippen molar-refractivity contribution in [1.82, 2.24) is 14.7 Å². The number of hydrogen-bond donors (Lipinski definition) is 1. The second kappa shape index (κ2) is 12.0. The maximum Gasteiger partial charge on any atom is 0.250 e. The number of nitrogens with one attached hydrogen (secondary N) is 1. The molecule has 8 nitrogen and oxygen atoms in total. The Morgan fingerprint density at radius 1 is 1.15 bits per heavy atom. The molecule has 2 heterocycles. The molecule has 2 aromatic carbocycles. The van der Waals surface area contributed by atoms with Crippen LogP contribution in [0.15, 0.2) is 54.7 Å². The highest BCUT2D eigenvalue weighted by atomic mass is 35.5. The van der Waals surface area contributed by atoms with Crippen LogP contribution in [0.4, 0.5) is 5.69 Å². The van der Waals surface area contributed by atoms with Gasteiger partial charge in [-0.25, -0.2) is 0 Å². The van der Waals surface area contributed by atoms with E-state index in [9.17, 15) is 4.79 Å². The third kappa shape index (κ3) is 6.36. The van der Waals surface area contributed by atoms with Crippen LogP contribution in [0, 0.1) is 0 Å². The average molecular weight is 485 g/mol. The number of aromatic nitrogens is 2. The number of anilines is 1. The Balaban J connectivity index is 1.47. The summed E-state index contributed by atoms with van der Waals surface area (Å²) in [5.74, 6) is 0.292. The van der Waals surface area contributed by atoms with E-state index in [4.69, 9.17) is 25.8 Å². The first-order valence-electron chi connectivity index (χ1n) is 11.3. The molecule has 9 heteroatoms. The Kier molecular flexibility index (Phi) is 8.54. The summed E-state index contributed by atoms with van der Waals surface area (Å²) in [5.41, 5.74) is 3.05. The van der Waals surface area contributed by atoms with E-state index >= 15 is 0 Å². The number of carbonyl (C=O) groups excluding carboxylic acids is 1. The molecule has 0 bridgehead atoms. The average Bonchev–Trinajstić information content (AvgIpc) is 3.19. The second-order valence-electron chi connectivity index (χ2n) is 7.98. The molecular formula is C25H29ClN4O4. The van der Waals surface area contributed by atoms with E-state index in [1.807, 2.05) is 55.6 Å². The normalized spacial score (nSPS) is 14.2.